The van der Waals surface area contributed by atoms with E-state index in [-0.39, 0.29) is 35.8 Å². The second-order valence-corrected chi connectivity index (χ2v) is 12.5. The number of likely N-dealkylation sites (tertiary alicyclic amines) is 1. The Morgan fingerprint density at radius 2 is 1.66 bits per heavy atom. The number of carbonyl (C=O) groups is 1. The molecule has 9 nitrogen and oxygen atoms in total. The normalized spacial score (nSPS) is 14.4. The van der Waals surface area contributed by atoms with E-state index in [1.807, 2.05) is 24.3 Å². The van der Waals surface area contributed by atoms with Gasteiger partial charge in [-0.2, -0.15) is 0 Å². The summed E-state index contributed by atoms with van der Waals surface area (Å²) in [5.74, 6) is -0.327. The van der Waals surface area contributed by atoms with Crippen LogP contribution in [0.1, 0.15) is 38.2 Å². The predicted octanol–water partition coefficient (Wildman–Crippen LogP) is 5.98. The van der Waals surface area contributed by atoms with Crippen LogP contribution in [0.2, 0.25) is 0 Å². The van der Waals surface area contributed by atoms with E-state index in [9.17, 15) is 22.0 Å². The number of nitrogens with zero attached hydrogens (tertiary/aromatic N) is 2. The monoisotopic (exact) mass is 630 g/mol. The summed E-state index contributed by atoms with van der Waals surface area (Å²) in [6.45, 7) is 5.46. The average Bonchev–Trinajstić information content (AvgIpc) is 3.01. The van der Waals surface area contributed by atoms with Crippen LogP contribution in [0, 0.1) is 11.6 Å². The van der Waals surface area contributed by atoms with Gasteiger partial charge in [-0.3, -0.25) is 4.90 Å². The van der Waals surface area contributed by atoms with E-state index in [0.29, 0.717) is 18.0 Å². The number of rotatable bonds is 14. The molecule has 1 aliphatic heterocycles. The summed E-state index contributed by atoms with van der Waals surface area (Å²) >= 11 is 0. The molecule has 1 heterocycles. The maximum atomic E-state index is 14.1. The van der Waals surface area contributed by atoms with E-state index in [1.54, 1.807) is 17.0 Å². The molecule has 0 unspecified atom stereocenters. The third-order valence-corrected chi connectivity index (χ3v) is 8.96. The van der Waals surface area contributed by atoms with Crippen molar-refractivity contribution in [3.05, 3.63) is 83.9 Å². The fourth-order valence-electron chi connectivity index (χ4n) is 5.05. The standard InChI is InChI=1S/C32H40F2N4O5S/c1-3-4-18-38(32(39)36-31-14-7-25(33)22-30(31)34)26-15-19-37(20-16-26)23-24-5-8-27(9-6-24)43-28-10-12-29(13-11-28)44(40,41)35-17-21-42-2/h5-14,22,26,35H,3-4,15-21,23H2,1-2H3,(H,36,39). The van der Waals surface area contributed by atoms with Gasteiger partial charge in [0.05, 0.1) is 17.2 Å². The number of nitrogens with one attached hydrogen (secondary N) is 2. The summed E-state index contributed by atoms with van der Waals surface area (Å²) < 4.78 is 65.4. The predicted molar refractivity (Wildman–Crippen MR) is 165 cm³/mol. The molecule has 2 amide bonds. The molecule has 0 bridgehead atoms. The van der Waals surface area contributed by atoms with Crippen molar-refractivity contribution < 1.29 is 31.5 Å². The van der Waals surface area contributed by atoms with Crippen molar-refractivity contribution in [2.24, 2.45) is 0 Å². The van der Waals surface area contributed by atoms with Crippen LogP contribution in [0.3, 0.4) is 0 Å². The second kappa shape index (κ2) is 15.9. The molecule has 0 saturated carbocycles. The quantitative estimate of drug-likeness (QED) is 0.213. The van der Waals surface area contributed by atoms with Crippen molar-refractivity contribution >= 4 is 21.7 Å². The molecule has 1 fully saturated rings. The Labute approximate surface area is 258 Å². The first-order valence-electron chi connectivity index (χ1n) is 14.8. The zero-order valence-electron chi connectivity index (χ0n) is 25.1. The first-order valence-corrected chi connectivity index (χ1v) is 16.3. The van der Waals surface area contributed by atoms with E-state index >= 15 is 0 Å². The van der Waals surface area contributed by atoms with Crippen molar-refractivity contribution in [2.45, 2.75) is 50.1 Å². The van der Waals surface area contributed by atoms with Crippen LogP contribution in [-0.2, 0) is 21.3 Å². The molecule has 12 heteroatoms. The molecule has 0 radical (unpaired) electrons. The molecule has 238 valence electrons. The van der Waals surface area contributed by atoms with Crippen LogP contribution >= 0.6 is 0 Å². The molecule has 1 saturated heterocycles. The maximum Gasteiger partial charge on any atom is 0.322 e. The van der Waals surface area contributed by atoms with Gasteiger partial charge in [0.1, 0.15) is 23.1 Å². The van der Waals surface area contributed by atoms with Crippen molar-refractivity contribution in [1.82, 2.24) is 14.5 Å². The molecule has 4 rings (SSSR count). The number of benzene rings is 3. The van der Waals surface area contributed by atoms with E-state index < -0.39 is 21.7 Å². The van der Waals surface area contributed by atoms with Gasteiger partial charge in [-0.1, -0.05) is 25.5 Å². The molecule has 1 aliphatic rings. The van der Waals surface area contributed by atoms with Gasteiger partial charge in [0.15, 0.2) is 0 Å². The van der Waals surface area contributed by atoms with Crippen LogP contribution in [0.4, 0.5) is 19.3 Å². The molecule has 3 aromatic rings. The van der Waals surface area contributed by atoms with Crippen molar-refractivity contribution in [3.63, 3.8) is 0 Å². The fraction of sp³-hybridized carbons (Fsp3) is 0.406. The number of anilines is 1. The summed E-state index contributed by atoms with van der Waals surface area (Å²) in [7, 11) is -2.11. The minimum atomic E-state index is -3.61. The Morgan fingerprint density at radius 3 is 2.27 bits per heavy atom. The number of halogens is 2. The Kier molecular flexibility index (Phi) is 12.1. The lowest BCUT2D eigenvalue weighted by Gasteiger charge is -2.38. The van der Waals surface area contributed by atoms with Gasteiger partial charge >= 0.3 is 6.03 Å². The highest BCUT2D eigenvalue weighted by molar-refractivity contribution is 7.89. The fourth-order valence-corrected chi connectivity index (χ4v) is 6.06. The molecule has 3 aromatic carbocycles. The van der Waals surface area contributed by atoms with E-state index in [2.05, 4.69) is 21.9 Å². The third-order valence-electron chi connectivity index (χ3n) is 7.48. The summed E-state index contributed by atoms with van der Waals surface area (Å²) in [6, 6.07) is 16.8. The highest BCUT2D eigenvalue weighted by atomic mass is 32.2. The van der Waals surface area contributed by atoms with Gasteiger partial charge in [-0.05, 0) is 73.4 Å². The molecule has 0 spiro atoms. The van der Waals surface area contributed by atoms with Crippen LogP contribution in [0.5, 0.6) is 11.5 Å². The van der Waals surface area contributed by atoms with E-state index in [1.165, 1.54) is 25.3 Å². The summed E-state index contributed by atoms with van der Waals surface area (Å²) in [6.07, 6.45) is 3.34. The summed E-state index contributed by atoms with van der Waals surface area (Å²) in [5.41, 5.74) is 1.09. The number of methoxy groups -OCH3 is 1. The average molecular weight is 631 g/mol. The second-order valence-electron chi connectivity index (χ2n) is 10.7. The lowest BCUT2D eigenvalue weighted by molar-refractivity contribution is 0.122. The summed E-state index contributed by atoms with van der Waals surface area (Å²) in [5, 5.41) is 2.62. The summed E-state index contributed by atoms with van der Waals surface area (Å²) in [4.78, 5) is 17.4. The van der Waals surface area contributed by atoms with Crippen LogP contribution in [-0.4, -0.2) is 70.2 Å². The smallest absolute Gasteiger partial charge is 0.322 e. The lowest BCUT2D eigenvalue weighted by Crippen LogP contribution is -2.49. The first-order chi connectivity index (χ1) is 21.2. The molecule has 0 atom stereocenters. The Bertz CT molecular complexity index is 1460. The number of piperidine rings is 1. The van der Waals surface area contributed by atoms with Crippen LogP contribution in [0.25, 0.3) is 0 Å². The minimum absolute atomic E-state index is 0.0274. The zero-order chi connectivity index (χ0) is 31.5. The SMILES string of the molecule is CCCCN(C(=O)Nc1ccc(F)cc1F)C1CCN(Cc2ccc(Oc3ccc(S(=O)(=O)NCCOC)cc3)cc2)CC1. The first kappa shape index (κ1) is 33.3. The number of carbonyl (C=O) groups excluding carboxylic acids is 1. The van der Waals surface area contributed by atoms with Gasteiger partial charge in [-0.25, -0.2) is 26.7 Å². The maximum absolute atomic E-state index is 14.1. The number of hydrogen-bond donors (Lipinski definition) is 2. The minimum Gasteiger partial charge on any atom is -0.457 e. The van der Waals surface area contributed by atoms with Crippen molar-refractivity contribution in [2.75, 3.05) is 45.2 Å². The number of ether oxygens (including phenoxy) is 2. The van der Waals surface area contributed by atoms with Crippen LogP contribution in [0.15, 0.2) is 71.6 Å². The molecule has 2 N–H and O–H groups in total. The number of unbranched alkanes of at least 4 members (excludes halogenated alkanes) is 1. The number of urea groups is 1. The molecule has 0 aromatic heterocycles. The lowest BCUT2D eigenvalue weighted by atomic mass is 10.0. The van der Waals surface area contributed by atoms with Crippen molar-refractivity contribution in [1.29, 1.82) is 0 Å². The number of sulfonamides is 1. The number of amides is 2. The topological polar surface area (TPSA) is 100 Å². The highest BCUT2D eigenvalue weighted by Gasteiger charge is 2.28. The molecular formula is C32H40F2N4O5S. The largest absolute Gasteiger partial charge is 0.457 e. The molecule has 0 aliphatic carbocycles. The van der Waals surface area contributed by atoms with Gasteiger partial charge in [0.2, 0.25) is 10.0 Å². The Morgan fingerprint density at radius 1 is 1.00 bits per heavy atom. The van der Waals surface area contributed by atoms with Crippen molar-refractivity contribution in [3.8, 4) is 11.5 Å². The van der Waals surface area contributed by atoms with Gasteiger partial charge < -0.3 is 19.7 Å². The Hall–Kier alpha value is -3.58. The van der Waals surface area contributed by atoms with E-state index in [0.717, 1.165) is 63.0 Å². The van der Waals surface area contributed by atoms with Gasteiger partial charge in [0.25, 0.3) is 0 Å². The van der Waals surface area contributed by atoms with E-state index in [4.69, 9.17) is 9.47 Å². The third kappa shape index (κ3) is 9.46. The molecule has 44 heavy (non-hydrogen) atoms. The number of hydrogen-bond acceptors (Lipinski definition) is 6. The zero-order valence-corrected chi connectivity index (χ0v) is 25.9. The van der Waals surface area contributed by atoms with Crippen LogP contribution < -0.4 is 14.8 Å². The Balaban J connectivity index is 1.27. The van der Waals surface area contributed by atoms with Gasteiger partial charge in [0, 0.05) is 51.9 Å². The van der Waals surface area contributed by atoms with Gasteiger partial charge in [-0.15, -0.1) is 0 Å². The highest BCUT2D eigenvalue weighted by Crippen LogP contribution is 2.25. The molecular weight excluding hydrogens is 590 g/mol.